The van der Waals surface area contributed by atoms with Crippen molar-refractivity contribution in [3.8, 4) is 5.75 Å². The van der Waals surface area contributed by atoms with Gasteiger partial charge in [-0.25, -0.2) is 4.98 Å². The molecule has 0 fully saturated rings. The first kappa shape index (κ1) is 22.6. The fourth-order valence-electron chi connectivity index (χ4n) is 3.23. The predicted molar refractivity (Wildman–Crippen MR) is 128 cm³/mol. The van der Waals surface area contributed by atoms with Gasteiger partial charge in [0, 0.05) is 18.0 Å². The number of likely N-dealkylation sites (N-methyl/N-ethyl adjacent to an activating group) is 1. The molecule has 0 aliphatic carbocycles. The quantitative estimate of drug-likeness (QED) is 0.409. The molecule has 160 valence electrons. The minimum Gasteiger partial charge on any atom is -0.494 e. The van der Waals surface area contributed by atoms with E-state index in [-0.39, 0.29) is 5.91 Å². The van der Waals surface area contributed by atoms with Gasteiger partial charge in [-0.15, -0.1) is 11.8 Å². The first-order valence-corrected chi connectivity index (χ1v) is 12.0. The lowest BCUT2D eigenvalue weighted by Gasteiger charge is -2.24. The number of carbonyl (C=O) groups is 1. The molecule has 3 aromatic rings. The molecule has 5 nitrogen and oxygen atoms in total. The zero-order chi connectivity index (χ0) is 21.5. The van der Waals surface area contributed by atoms with E-state index in [9.17, 15) is 4.79 Å². The van der Waals surface area contributed by atoms with E-state index >= 15 is 0 Å². The minimum atomic E-state index is 0.0756. The average molecular weight is 444 g/mol. The van der Waals surface area contributed by atoms with Gasteiger partial charge in [-0.05, 0) is 43.8 Å². The molecule has 1 aromatic heterocycles. The SMILES string of the molecule is CCN(CC)CCN(C(=O)CSc1ccccc1)c1nc2c(OC)ccc(C)c2s1. The van der Waals surface area contributed by atoms with Crippen LogP contribution in [0.4, 0.5) is 5.13 Å². The van der Waals surface area contributed by atoms with Crippen molar-refractivity contribution in [1.82, 2.24) is 9.88 Å². The van der Waals surface area contributed by atoms with Gasteiger partial charge in [0.05, 0.1) is 17.6 Å². The molecule has 1 heterocycles. The number of thiazole rings is 1. The van der Waals surface area contributed by atoms with Crippen LogP contribution in [-0.2, 0) is 4.79 Å². The van der Waals surface area contributed by atoms with Gasteiger partial charge in [0.15, 0.2) is 5.13 Å². The highest BCUT2D eigenvalue weighted by Crippen LogP contribution is 2.36. The molecule has 0 spiro atoms. The molecule has 0 saturated heterocycles. The normalized spacial score (nSPS) is 11.2. The van der Waals surface area contributed by atoms with Gasteiger partial charge in [-0.3, -0.25) is 9.69 Å². The van der Waals surface area contributed by atoms with Crippen molar-refractivity contribution in [2.45, 2.75) is 25.7 Å². The number of aryl methyl sites for hydroxylation is 1. The number of fused-ring (bicyclic) bond motifs is 1. The van der Waals surface area contributed by atoms with E-state index in [4.69, 9.17) is 9.72 Å². The maximum atomic E-state index is 13.2. The Balaban J connectivity index is 1.87. The number of thioether (sulfide) groups is 1. The number of amides is 1. The third kappa shape index (κ3) is 5.33. The molecular formula is C23H29N3O2S2. The third-order valence-electron chi connectivity index (χ3n) is 5.08. The molecule has 0 radical (unpaired) electrons. The second kappa shape index (κ2) is 10.8. The third-order valence-corrected chi connectivity index (χ3v) is 7.29. The van der Waals surface area contributed by atoms with Crippen molar-refractivity contribution in [3.05, 3.63) is 48.0 Å². The molecule has 30 heavy (non-hydrogen) atoms. The van der Waals surface area contributed by atoms with Gasteiger partial charge in [-0.1, -0.05) is 49.4 Å². The monoisotopic (exact) mass is 443 g/mol. The van der Waals surface area contributed by atoms with Crippen molar-refractivity contribution in [1.29, 1.82) is 0 Å². The second-order valence-corrected chi connectivity index (χ2v) is 8.96. The predicted octanol–water partition coefficient (Wildman–Crippen LogP) is 5.08. The molecule has 7 heteroatoms. The number of hydrogen-bond donors (Lipinski definition) is 0. The molecular weight excluding hydrogens is 414 g/mol. The van der Waals surface area contributed by atoms with Crippen LogP contribution in [-0.4, -0.2) is 54.8 Å². The first-order chi connectivity index (χ1) is 14.6. The number of nitrogens with zero attached hydrogens (tertiary/aromatic N) is 3. The maximum absolute atomic E-state index is 13.2. The summed E-state index contributed by atoms with van der Waals surface area (Å²) >= 11 is 3.13. The summed E-state index contributed by atoms with van der Waals surface area (Å²) in [7, 11) is 1.66. The summed E-state index contributed by atoms with van der Waals surface area (Å²) in [5, 5.41) is 0.739. The first-order valence-electron chi connectivity index (χ1n) is 10.2. The lowest BCUT2D eigenvalue weighted by atomic mass is 10.2. The summed E-state index contributed by atoms with van der Waals surface area (Å²) in [6.07, 6.45) is 0. The number of anilines is 1. The zero-order valence-electron chi connectivity index (χ0n) is 18.1. The summed E-state index contributed by atoms with van der Waals surface area (Å²) in [5.74, 6) is 1.20. The molecule has 0 bridgehead atoms. The fourth-order valence-corrected chi connectivity index (χ4v) is 5.12. The van der Waals surface area contributed by atoms with E-state index in [2.05, 4.69) is 25.7 Å². The van der Waals surface area contributed by atoms with E-state index in [0.717, 1.165) is 51.2 Å². The van der Waals surface area contributed by atoms with Gasteiger partial charge in [0.1, 0.15) is 11.3 Å². The van der Waals surface area contributed by atoms with Crippen LogP contribution >= 0.6 is 23.1 Å². The standard InChI is InChI=1S/C23H29N3O2S2/c1-5-25(6-2)14-15-26(20(27)16-29-18-10-8-7-9-11-18)23-24-21-19(28-4)13-12-17(3)22(21)30-23/h7-13H,5-6,14-16H2,1-4H3. The Morgan fingerprint density at radius 1 is 1.10 bits per heavy atom. The van der Waals surface area contributed by atoms with Crippen LogP contribution in [0.2, 0.25) is 0 Å². The van der Waals surface area contributed by atoms with E-state index in [1.165, 1.54) is 0 Å². The van der Waals surface area contributed by atoms with E-state index in [0.29, 0.717) is 12.3 Å². The van der Waals surface area contributed by atoms with Crippen molar-refractivity contribution >= 4 is 44.4 Å². The molecule has 3 rings (SSSR count). The minimum absolute atomic E-state index is 0.0756. The Hall–Kier alpha value is -2.09. The van der Waals surface area contributed by atoms with Crippen LogP contribution in [0.5, 0.6) is 5.75 Å². The molecule has 0 aliphatic heterocycles. The highest BCUT2D eigenvalue weighted by atomic mass is 32.2. The van der Waals surface area contributed by atoms with Crippen LogP contribution in [0.3, 0.4) is 0 Å². The molecule has 2 aromatic carbocycles. The number of ether oxygens (including phenoxy) is 1. The number of methoxy groups -OCH3 is 1. The lowest BCUT2D eigenvalue weighted by molar-refractivity contribution is -0.116. The molecule has 0 N–H and O–H groups in total. The maximum Gasteiger partial charge on any atom is 0.239 e. The number of benzene rings is 2. The number of aromatic nitrogens is 1. The molecule has 0 atom stereocenters. The second-order valence-electron chi connectivity index (χ2n) is 6.93. The fraction of sp³-hybridized carbons (Fsp3) is 0.391. The van der Waals surface area contributed by atoms with Crippen LogP contribution in [0, 0.1) is 6.92 Å². The van der Waals surface area contributed by atoms with Crippen LogP contribution in [0.15, 0.2) is 47.4 Å². The average Bonchev–Trinajstić information content (AvgIpc) is 3.22. The van der Waals surface area contributed by atoms with E-state index in [1.807, 2.05) is 47.4 Å². The topological polar surface area (TPSA) is 45.7 Å². The number of carbonyl (C=O) groups excluding carboxylic acids is 1. The molecule has 1 amide bonds. The Kier molecular flexibility index (Phi) is 8.13. The largest absolute Gasteiger partial charge is 0.494 e. The van der Waals surface area contributed by atoms with Crippen molar-refractivity contribution in [2.24, 2.45) is 0 Å². The Morgan fingerprint density at radius 3 is 2.50 bits per heavy atom. The number of rotatable bonds is 10. The highest BCUT2D eigenvalue weighted by molar-refractivity contribution is 8.00. The Labute approximate surface area is 187 Å². The van der Waals surface area contributed by atoms with Crippen molar-refractivity contribution in [3.63, 3.8) is 0 Å². The van der Waals surface area contributed by atoms with Gasteiger partial charge in [0.25, 0.3) is 0 Å². The van der Waals surface area contributed by atoms with Gasteiger partial charge in [0.2, 0.25) is 5.91 Å². The van der Waals surface area contributed by atoms with Gasteiger partial charge < -0.3 is 9.64 Å². The van der Waals surface area contributed by atoms with Crippen molar-refractivity contribution in [2.75, 3.05) is 43.9 Å². The molecule has 0 unspecified atom stereocenters. The summed E-state index contributed by atoms with van der Waals surface area (Å²) in [4.78, 5) is 23.3. The summed E-state index contributed by atoms with van der Waals surface area (Å²) < 4.78 is 6.57. The number of hydrogen-bond acceptors (Lipinski definition) is 6. The Bertz CT molecular complexity index is 971. The lowest BCUT2D eigenvalue weighted by Crippen LogP contribution is -2.39. The van der Waals surface area contributed by atoms with E-state index in [1.54, 1.807) is 30.2 Å². The molecule has 0 aliphatic rings. The smallest absolute Gasteiger partial charge is 0.239 e. The summed E-state index contributed by atoms with van der Waals surface area (Å²) in [5.41, 5.74) is 1.97. The van der Waals surface area contributed by atoms with Crippen molar-refractivity contribution < 1.29 is 9.53 Å². The van der Waals surface area contributed by atoms with E-state index < -0.39 is 0 Å². The summed E-state index contributed by atoms with van der Waals surface area (Å²) in [6.45, 7) is 9.72. The zero-order valence-corrected chi connectivity index (χ0v) is 19.7. The van der Waals surface area contributed by atoms with Gasteiger partial charge >= 0.3 is 0 Å². The van der Waals surface area contributed by atoms with Gasteiger partial charge in [-0.2, -0.15) is 0 Å². The highest BCUT2D eigenvalue weighted by Gasteiger charge is 2.22. The molecule has 0 saturated carbocycles. The Morgan fingerprint density at radius 2 is 1.83 bits per heavy atom. The van der Waals surface area contributed by atoms with Crippen LogP contribution in [0.25, 0.3) is 10.2 Å². The van der Waals surface area contributed by atoms with Crippen LogP contribution < -0.4 is 9.64 Å². The van der Waals surface area contributed by atoms with Crippen LogP contribution in [0.1, 0.15) is 19.4 Å². The summed E-state index contributed by atoms with van der Waals surface area (Å²) in [6, 6.07) is 14.0.